The number of hydrogen-bond acceptors (Lipinski definition) is 3. The van der Waals surface area contributed by atoms with E-state index >= 15 is 0 Å². The Balaban J connectivity index is 2.33. The third kappa shape index (κ3) is 3.88. The van der Waals surface area contributed by atoms with Crippen molar-refractivity contribution in [3.8, 4) is 0 Å². The Hall–Kier alpha value is -0.390. The van der Waals surface area contributed by atoms with E-state index in [0.29, 0.717) is 10.8 Å². The number of hydrogen-bond donors (Lipinski definition) is 1. The maximum absolute atomic E-state index is 13.0. The minimum atomic E-state index is -3.29. The summed E-state index contributed by atoms with van der Waals surface area (Å²) in [6, 6.07) is 7.14. The van der Waals surface area contributed by atoms with Crippen LogP contribution in [0, 0.1) is 5.92 Å². The van der Waals surface area contributed by atoms with E-state index in [1.807, 2.05) is 13.0 Å². The maximum atomic E-state index is 13.0. The molecule has 0 aliphatic heterocycles. The predicted octanol–water partition coefficient (Wildman–Crippen LogP) is 3.78. The van der Waals surface area contributed by atoms with E-state index in [2.05, 4.69) is 28.2 Å². The third-order valence-electron chi connectivity index (χ3n) is 4.47. The van der Waals surface area contributed by atoms with Crippen LogP contribution in [-0.2, 0) is 9.84 Å². The lowest BCUT2D eigenvalue weighted by molar-refractivity contribution is 0.290. The molecule has 0 radical (unpaired) electrons. The van der Waals surface area contributed by atoms with E-state index in [0.717, 1.165) is 36.7 Å². The first-order chi connectivity index (χ1) is 9.98. The fourth-order valence-electron chi connectivity index (χ4n) is 3.24. The molecule has 21 heavy (non-hydrogen) atoms. The van der Waals surface area contributed by atoms with E-state index < -0.39 is 9.84 Å². The van der Waals surface area contributed by atoms with Crippen LogP contribution in [0.5, 0.6) is 0 Å². The molecule has 3 atom stereocenters. The smallest absolute Gasteiger partial charge is 0.182 e. The van der Waals surface area contributed by atoms with Crippen molar-refractivity contribution in [3.63, 3.8) is 0 Å². The number of benzene rings is 1. The van der Waals surface area contributed by atoms with Gasteiger partial charge in [0, 0.05) is 10.5 Å². The Labute approximate surface area is 136 Å². The lowest BCUT2D eigenvalue weighted by Crippen LogP contribution is -2.48. The number of sulfone groups is 1. The predicted molar refractivity (Wildman–Crippen MR) is 90.2 cm³/mol. The van der Waals surface area contributed by atoms with Crippen molar-refractivity contribution in [2.45, 2.75) is 55.7 Å². The molecule has 1 aromatic rings. The minimum absolute atomic E-state index is 0.0711. The van der Waals surface area contributed by atoms with E-state index in [9.17, 15) is 8.42 Å². The highest BCUT2D eigenvalue weighted by molar-refractivity contribution is 9.10. The molecule has 2 rings (SSSR count). The molecule has 3 nitrogen and oxygen atoms in total. The van der Waals surface area contributed by atoms with Crippen LogP contribution in [0.1, 0.15) is 39.5 Å². The van der Waals surface area contributed by atoms with Gasteiger partial charge in [0.25, 0.3) is 0 Å². The highest BCUT2D eigenvalue weighted by atomic mass is 79.9. The molecule has 1 N–H and O–H groups in total. The van der Waals surface area contributed by atoms with Crippen LogP contribution >= 0.6 is 15.9 Å². The molecule has 0 amide bonds. The van der Waals surface area contributed by atoms with Crippen LogP contribution < -0.4 is 5.32 Å². The normalized spacial score (nSPS) is 26.7. The molecule has 0 aromatic heterocycles. The second-order valence-electron chi connectivity index (χ2n) is 5.79. The minimum Gasteiger partial charge on any atom is -0.313 e. The molecule has 1 saturated carbocycles. The Morgan fingerprint density at radius 1 is 1.29 bits per heavy atom. The first kappa shape index (κ1) is 17.0. The van der Waals surface area contributed by atoms with Crippen LogP contribution in [0.3, 0.4) is 0 Å². The summed E-state index contributed by atoms with van der Waals surface area (Å²) in [5.41, 5.74) is 0. The SMILES string of the molecule is CCNC1CCC(CC)CC1S(=O)(=O)c1cccc(Br)c1. The van der Waals surface area contributed by atoms with Gasteiger partial charge >= 0.3 is 0 Å². The zero-order valence-corrected chi connectivity index (χ0v) is 15.1. The van der Waals surface area contributed by atoms with Crippen molar-refractivity contribution < 1.29 is 8.42 Å². The van der Waals surface area contributed by atoms with E-state index in [4.69, 9.17) is 0 Å². The highest BCUT2D eigenvalue weighted by Gasteiger charge is 2.39. The summed E-state index contributed by atoms with van der Waals surface area (Å²) in [7, 11) is -3.29. The van der Waals surface area contributed by atoms with Crippen LogP contribution in [0.4, 0.5) is 0 Å². The summed E-state index contributed by atoms with van der Waals surface area (Å²) in [6.45, 7) is 5.00. The van der Waals surface area contributed by atoms with Gasteiger partial charge in [0.05, 0.1) is 10.1 Å². The molecule has 0 spiro atoms. The molecule has 1 aliphatic carbocycles. The Morgan fingerprint density at radius 2 is 2.05 bits per heavy atom. The number of halogens is 1. The molecule has 0 bridgehead atoms. The molecule has 1 fully saturated rings. The molecule has 3 unspecified atom stereocenters. The summed E-state index contributed by atoms with van der Waals surface area (Å²) in [6.07, 6.45) is 3.90. The van der Waals surface area contributed by atoms with Crippen molar-refractivity contribution in [2.75, 3.05) is 6.54 Å². The molecular formula is C16H24BrNO2S. The van der Waals surface area contributed by atoms with Crippen LogP contribution in [0.2, 0.25) is 0 Å². The molecule has 118 valence electrons. The van der Waals surface area contributed by atoms with Crippen molar-refractivity contribution >= 4 is 25.8 Å². The molecule has 1 aliphatic rings. The van der Waals surface area contributed by atoms with E-state index in [-0.39, 0.29) is 11.3 Å². The third-order valence-corrected chi connectivity index (χ3v) is 7.19. The molecule has 1 aromatic carbocycles. The first-order valence-corrected chi connectivity index (χ1v) is 10.1. The molecule has 5 heteroatoms. The van der Waals surface area contributed by atoms with E-state index in [1.54, 1.807) is 18.2 Å². The summed E-state index contributed by atoms with van der Waals surface area (Å²) in [4.78, 5) is 0.432. The van der Waals surface area contributed by atoms with Gasteiger partial charge in [-0.1, -0.05) is 42.3 Å². The largest absolute Gasteiger partial charge is 0.313 e. The Morgan fingerprint density at radius 3 is 2.67 bits per heavy atom. The molecule has 0 saturated heterocycles. The van der Waals surface area contributed by atoms with Gasteiger partial charge in [-0.3, -0.25) is 0 Å². The summed E-state index contributed by atoms with van der Waals surface area (Å²) < 4.78 is 26.9. The molecule has 0 heterocycles. The highest BCUT2D eigenvalue weighted by Crippen LogP contribution is 2.34. The van der Waals surface area contributed by atoms with Gasteiger partial charge in [-0.05, 0) is 49.9 Å². The maximum Gasteiger partial charge on any atom is 0.182 e. The second kappa shape index (κ2) is 7.25. The lowest BCUT2D eigenvalue weighted by atomic mass is 9.84. The van der Waals surface area contributed by atoms with Gasteiger partial charge in [-0.2, -0.15) is 0 Å². The summed E-state index contributed by atoms with van der Waals surface area (Å²) in [5.74, 6) is 0.520. The lowest BCUT2D eigenvalue weighted by Gasteiger charge is -2.36. The molecular weight excluding hydrogens is 350 g/mol. The van der Waals surface area contributed by atoms with Gasteiger partial charge in [0.2, 0.25) is 0 Å². The fourth-order valence-corrected chi connectivity index (χ4v) is 5.89. The van der Waals surface area contributed by atoms with Crippen molar-refractivity contribution in [3.05, 3.63) is 28.7 Å². The Bertz CT molecular complexity index is 573. The van der Waals surface area contributed by atoms with Crippen LogP contribution in [0.15, 0.2) is 33.6 Å². The first-order valence-electron chi connectivity index (χ1n) is 7.71. The van der Waals surface area contributed by atoms with Gasteiger partial charge < -0.3 is 5.32 Å². The van der Waals surface area contributed by atoms with Gasteiger partial charge in [-0.15, -0.1) is 0 Å². The average Bonchev–Trinajstić information content (AvgIpc) is 2.48. The second-order valence-corrected chi connectivity index (χ2v) is 8.87. The topological polar surface area (TPSA) is 46.2 Å². The van der Waals surface area contributed by atoms with Crippen molar-refractivity contribution in [1.29, 1.82) is 0 Å². The number of rotatable bonds is 5. The quantitative estimate of drug-likeness (QED) is 0.853. The Kier molecular flexibility index (Phi) is 5.86. The zero-order valence-electron chi connectivity index (χ0n) is 12.7. The van der Waals surface area contributed by atoms with Gasteiger partial charge in [0.1, 0.15) is 0 Å². The monoisotopic (exact) mass is 373 g/mol. The number of nitrogens with one attached hydrogen (secondary N) is 1. The summed E-state index contributed by atoms with van der Waals surface area (Å²) in [5, 5.41) is 3.06. The average molecular weight is 374 g/mol. The van der Waals surface area contributed by atoms with Gasteiger partial charge in [-0.25, -0.2) is 8.42 Å². The fraction of sp³-hybridized carbons (Fsp3) is 0.625. The standard InChI is InChI=1S/C16H24BrNO2S/c1-3-12-8-9-15(18-4-2)16(10-12)21(19,20)14-7-5-6-13(17)11-14/h5-7,11-12,15-16,18H,3-4,8-10H2,1-2H3. The van der Waals surface area contributed by atoms with Crippen molar-refractivity contribution in [2.24, 2.45) is 5.92 Å². The van der Waals surface area contributed by atoms with E-state index in [1.165, 1.54) is 0 Å². The zero-order chi connectivity index (χ0) is 15.5. The van der Waals surface area contributed by atoms with Gasteiger partial charge in [0.15, 0.2) is 9.84 Å². The van der Waals surface area contributed by atoms with Crippen LogP contribution in [-0.4, -0.2) is 26.3 Å². The summed E-state index contributed by atoms with van der Waals surface area (Å²) >= 11 is 3.37. The van der Waals surface area contributed by atoms with Crippen molar-refractivity contribution in [1.82, 2.24) is 5.32 Å². The van der Waals surface area contributed by atoms with Crippen LogP contribution in [0.25, 0.3) is 0 Å².